The lowest BCUT2D eigenvalue weighted by atomic mass is 9.88. The molecule has 0 aliphatic rings. The van der Waals surface area contributed by atoms with Gasteiger partial charge in [-0.15, -0.1) is 0 Å². The van der Waals surface area contributed by atoms with Gasteiger partial charge in [0.15, 0.2) is 0 Å². The Morgan fingerprint density at radius 1 is 1.00 bits per heavy atom. The molecule has 0 bridgehead atoms. The number of hydrogen-bond donors (Lipinski definition) is 2. The average Bonchev–Trinajstić information content (AvgIpc) is 2.54. The third-order valence-corrected chi connectivity index (χ3v) is 3.67. The van der Waals surface area contributed by atoms with Crippen molar-refractivity contribution in [2.45, 2.75) is 31.7 Å². The first-order chi connectivity index (χ1) is 10.5. The second-order valence-corrected chi connectivity index (χ2v) is 6.17. The van der Waals surface area contributed by atoms with Gasteiger partial charge in [0.05, 0.1) is 12.1 Å². The first-order valence-electron chi connectivity index (χ1n) is 7.53. The highest BCUT2D eigenvalue weighted by atomic mass is 16.3. The summed E-state index contributed by atoms with van der Waals surface area (Å²) in [4.78, 5) is 12.4. The lowest BCUT2D eigenvalue weighted by Crippen LogP contribution is -2.46. The molecule has 3 heteroatoms. The predicted octanol–water partition coefficient (Wildman–Crippen LogP) is 3.10. The highest BCUT2D eigenvalue weighted by Gasteiger charge is 2.23. The smallest absolute Gasteiger partial charge is 0.221 e. The molecule has 0 aromatic heterocycles. The van der Waals surface area contributed by atoms with E-state index in [4.69, 9.17) is 0 Å². The third-order valence-electron chi connectivity index (χ3n) is 3.67. The predicted molar refractivity (Wildman–Crippen MR) is 88.7 cm³/mol. The van der Waals surface area contributed by atoms with Crippen LogP contribution in [0.4, 0.5) is 0 Å². The van der Waals surface area contributed by atoms with Crippen LogP contribution in [0.1, 0.15) is 37.3 Å². The van der Waals surface area contributed by atoms with Gasteiger partial charge in [-0.25, -0.2) is 0 Å². The van der Waals surface area contributed by atoms with Gasteiger partial charge in [-0.05, 0) is 25.0 Å². The van der Waals surface area contributed by atoms with Gasteiger partial charge in [0, 0.05) is 12.3 Å². The Balaban J connectivity index is 2.21. The minimum absolute atomic E-state index is 0.0110. The number of benzene rings is 2. The quantitative estimate of drug-likeness (QED) is 0.861. The standard InChI is InChI=1S/C19H23NO2/c1-19(2,14-21)20-18(22)13-17(15-9-5-3-6-10-15)16-11-7-4-8-12-16/h3-12,17,21H,13-14H2,1-2H3,(H,20,22). The van der Waals surface area contributed by atoms with Crippen LogP contribution in [0.25, 0.3) is 0 Å². The number of hydrogen-bond acceptors (Lipinski definition) is 2. The summed E-state index contributed by atoms with van der Waals surface area (Å²) in [7, 11) is 0. The Morgan fingerprint density at radius 2 is 1.45 bits per heavy atom. The molecule has 2 N–H and O–H groups in total. The van der Waals surface area contributed by atoms with Gasteiger partial charge in [0.1, 0.15) is 0 Å². The van der Waals surface area contributed by atoms with Crippen LogP contribution in [0.15, 0.2) is 60.7 Å². The van der Waals surface area contributed by atoms with Crippen LogP contribution in [0.2, 0.25) is 0 Å². The second kappa shape index (κ2) is 7.23. The highest BCUT2D eigenvalue weighted by molar-refractivity contribution is 5.78. The van der Waals surface area contributed by atoms with E-state index in [1.165, 1.54) is 0 Å². The van der Waals surface area contributed by atoms with Crippen molar-refractivity contribution < 1.29 is 9.90 Å². The van der Waals surface area contributed by atoms with Gasteiger partial charge in [0.2, 0.25) is 5.91 Å². The van der Waals surface area contributed by atoms with Crippen LogP contribution in [0.5, 0.6) is 0 Å². The highest BCUT2D eigenvalue weighted by Crippen LogP contribution is 2.27. The van der Waals surface area contributed by atoms with Crippen molar-refractivity contribution in [1.29, 1.82) is 0 Å². The zero-order valence-electron chi connectivity index (χ0n) is 13.1. The third kappa shape index (κ3) is 4.43. The summed E-state index contributed by atoms with van der Waals surface area (Å²) in [5.41, 5.74) is 1.63. The molecule has 3 nitrogen and oxygen atoms in total. The lowest BCUT2D eigenvalue weighted by Gasteiger charge is -2.25. The van der Waals surface area contributed by atoms with Gasteiger partial charge >= 0.3 is 0 Å². The maximum atomic E-state index is 12.4. The fourth-order valence-corrected chi connectivity index (χ4v) is 2.45. The largest absolute Gasteiger partial charge is 0.394 e. The SMILES string of the molecule is CC(C)(CO)NC(=O)CC(c1ccccc1)c1ccccc1. The van der Waals surface area contributed by atoms with Gasteiger partial charge in [-0.1, -0.05) is 60.7 Å². The first kappa shape index (κ1) is 16.2. The topological polar surface area (TPSA) is 49.3 Å². The Morgan fingerprint density at radius 3 is 1.86 bits per heavy atom. The Bertz CT molecular complexity index is 554. The fourth-order valence-electron chi connectivity index (χ4n) is 2.45. The van der Waals surface area contributed by atoms with E-state index >= 15 is 0 Å². The van der Waals surface area contributed by atoms with Crippen molar-refractivity contribution in [3.63, 3.8) is 0 Å². The lowest BCUT2D eigenvalue weighted by molar-refractivity contribution is -0.123. The van der Waals surface area contributed by atoms with Gasteiger partial charge in [-0.2, -0.15) is 0 Å². The maximum Gasteiger partial charge on any atom is 0.221 e. The van der Waals surface area contributed by atoms with Crippen LogP contribution >= 0.6 is 0 Å². The second-order valence-electron chi connectivity index (χ2n) is 6.17. The molecule has 0 saturated heterocycles. The zero-order valence-corrected chi connectivity index (χ0v) is 13.1. The van der Waals surface area contributed by atoms with Crippen LogP contribution in [-0.4, -0.2) is 23.2 Å². The molecule has 2 rings (SSSR count). The minimum Gasteiger partial charge on any atom is -0.394 e. The summed E-state index contributed by atoms with van der Waals surface area (Å²) in [6.45, 7) is 3.54. The van der Waals surface area contributed by atoms with Crippen molar-refractivity contribution in [2.24, 2.45) is 0 Å². The maximum absolute atomic E-state index is 12.4. The van der Waals surface area contributed by atoms with E-state index < -0.39 is 5.54 Å². The van der Waals surface area contributed by atoms with Gasteiger partial charge < -0.3 is 10.4 Å². The molecule has 0 fully saturated rings. The Kier molecular flexibility index (Phi) is 5.34. The number of carbonyl (C=O) groups excluding carboxylic acids is 1. The average molecular weight is 297 g/mol. The molecule has 0 aliphatic carbocycles. The summed E-state index contributed by atoms with van der Waals surface area (Å²) in [6.07, 6.45) is 0.359. The number of aliphatic hydroxyl groups is 1. The Hall–Kier alpha value is -2.13. The molecular weight excluding hydrogens is 274 g/mol. The normalized spacial score (nSPS) is 11.5. The molecule has 0 atom stereocenters. The fraction of sp³-hybridized carbons (Fsp3) is 0.316. The molecule has 1 amide bonds. The molecular formula is C19H23NO2. The molecule has 0 spiro atoms. The molecule has 0 unspecified atom stereocenters. The van der Waals surface area contributed by atoms with E-state index in [-0.39, 0.29) is 18.4 Å². The molecule has 2 aromatic rings. The van der Waals surface area contributed by atoms with Crippen molar-refractivity contribution in [1.82, 2.24) is 5.32 Å². The van der Waals surface area contributed by atoms with E-state index in [2.05, 4.69) is 5.32 Å². The molecule has 0 saturated carbocycles. The van der Waals surface area contributed by atoms with Crippen molar-refractivity contribution in [2.75, 3.05) is 6.61 Å². The van der Waals surface area contributed by atoms with Crippen LogP contribution in [0.3, 0.4) is 0 Å². The number of aliphatic hydroxyl groups excluding tert-OH is 1. The first-order valence-corrected chi connectivity index (χ1v) is 7.53. The van der Waals surface area contributed by atoms with Crippen LogP contribution in [-0.2, 0) is 4.79 Å². The molecule has 2 aromatic carbocycles. The van der Waals surface area contributed by atoms with Crippen LogP contribution < -0.4 is 5.32 Å². The number of amides is 1. The minimum atomic E-state index is -0.602. The van der Waals surface area contributed by atoms with E-state index in [1.54, 1.807) is 0 Å². The Labute approximate surface area is 132 Å². The van der Waals surface area contributed by atoms with E-state index in [1.807, 2.05) is 74.5 Å². The summed E-state index contributed by atoms with van der Waals surface area (Å²) in [5, 5.41) is 12.2. The summed E-state index contributed by atoms with van der Waals surface area (Å²) in [5.74, 6) is -0.0475. The monoisotopic (exact) mass is 297 g/mol. The van der Waals surface area contributed by atoms with Crippen molar-refractivity contribution >= 4 is 5.91 Å². The van der Waals surface area contributed by atoms with E-state index in [0.29, 0.717) is 6.42 Å². The van der Waals surface area contributed by atoms with Crippen molar-refractivity contribution in [3.05, 3.63) is 71.8 Å². The van der Waals surface area contributed by atoms with Gasteiger partial charge in [0.25, 0.3) is 0 Å². The molecule has 0 aliphatic heterocycles. The molecule has 0 radical (unpaired) electrons. The number of nitrogens with one attached hydrogen (secondary N) is 1. The van der Waals surface area contributed by atoms with Gasteiger partial charge in [-0.3, -0.25) is 4.79 Å². The number of carbonyl (C=O) groups is 1. The summed E-state index contributed by atoms with van der Waals surface area (Å²) >= 11 is 0. The molecule has 116 valence electrons. The van der Waals surface area contributed by atoms with E-state index in [0.717, 1.165) is 11.1 Å². The van der Waals surface area contributed by atoms with Crippen molar-refractivity contribution in [3.8, 4) is 0 Å². The van der Waals surface area contributed by atoms with Crippen LogP contribution in [0, 0.1) is 0 Å². The zero-order chi connectivity index (χ0) is 16.0. The summed E-state index contributed by atoms with van der Waals surface area (Å²) < 4.78 is 0. The summed E-state index contributed by atoms with van der Waals surface area (Å²) in [6, 6.07) is 20.1. The molecule has 22 heavy (non-hydrogen) atoms. The molecule has 0 heterocycles. The van der Waals surface area contributed by atoms with E-state index in [9.17, 15) is 9.90 Å². The number of rotatable bonds is 6.